The van der Waals surface area contributed by atoms with E-state index in [1.165, 1.54) is 7.05 Å². The zero-order chi connectivity index (χ0) is 8.85. The Bertz CT molecular complexity index is 193. The van der Waals surface area contributed by atoms with Crippen molar-refractivity contribution in [3.63, 3.8) is 0 Å². The molecule has 0 aliphatic rings. The van der Waals surface area contributed by atoms with E-state index in [0.29, 0.717) is 6.42 Å². The second-order valence-electron chi connectivity index (χ2n) is 2.12. The standard InChI is InChI=1S/C5H11NO4S/c1-6(11(9)10)4-2-3-5(7)8/h11H,2-4H2,1H3,(H,7,8). The number of carboxylic acids is 1. The summed E-state index contributed by atoms with van der Waals surface area (Å²) in [6, 6.07) is 0. The van der Waals surface area contributed by atoms with Crippen LogP contribution in [0.15, 0.2) is 0 Å². The highest BCUT2D eigenvalue weighted by Gasteiger charge is 2.01. The summed E-state index contributed by atoms with van der Waals surface area (Å²) in [4.78, 5) is 9.98. The summed E-state index contributed by atoms with van der Waals surface area (Å²) in [5.41, 5.74) is 0. The first kappa shape index (κ1) is 10.4. The van der Waals surface area contributed by atoms with Gasteiger partial charge in [0.25, 0.3) is 0 Å². The molecule has 0 saturated carbocycles. The maximum Gasteiger partial charge on any atom is 0.303 e. The van der Waals surface area contributed by atoms with E-state index >= 15 is 0 Å². The van der Waals surface area contributed by atoms with E-state index in [0.717, 1.165) is 4.31 Å². The van der Waals surface area contributed by atoms with E-state index < -0.39 is 16.9 Å². The van der Waals surface area contributed by atoms with Gasteiger partial charge in [-0.05, 0) is 6.42 Å². The van der Waals surface area contributed by atoms with Crippen molar-refractivity contribution in [3.8, 4) is 0 Å². The Morgan fingerprint density at radius 1 is 1.55 bits per heavy atom. The number of carboxylic acid groups (broad SMARTS) is 1. The summed E-state index contributed by atoms with van der Waals surface area (Å²) in [7, 11) is -1.14. The van der Waals surface area contributed by atoms with Gasteiger partial charge in [-0.1, -0.05) is 0 Å². The molecule has 5 nitrogen and oxygen atoms in total. The Balaban J connectivity index is 3.47. The number of aliphatic carboxylic acids is 1. The number of hydrogen-bond acceptors (Lipinski definition) is 3. The van der Waals surface area contributed by atoms with Crippen LogP contribution in [0.2, 0.25) is 0 Å². The van der Waals surface area contributed by atoms with E-state index in [9.17, 15) is 13.2 Å². The van der Waals surface area contributed by atoms with Gasteiger partial charge >= 0.3 is 5.97 Å². The molecule has 0 aromatic heterocycles. The SMILES string of the molecule is CN(CCCC(=O)O)[SH](=O)=O. The first-order valence-corrected chi connectivity index (χ1v) is 4.24. The van der Waals surface area contributed by atoms with Crippen LogP contribution >= 0.6 is 0 Å². The molecule has 0 fully saturated rings. The lowest BCUT2D eigenvalue weighted by atomic mass is 10.3. The molecule has 0 aliphatic heterocycles. The first-order chi connectivity index (χ1) is 5.04. The molecule has 0 aromatic rings. The minimum atomic E-state index is -2.55. The topological polar surface area (TPSA) is 74.7 Å². The molecule has 0 aromatic carbocycles. The fraction of sp³-hybridized carbons (Fsp3) is 0.800. The molecule has 1 N–H and O–H groups in total. The van der Waals surface area contributed by atoms with Gasteiger partial charge in [0.05, 0.1) is 0 Å². The number of thiol groups is 1. The van der Waals surface area contributed by atoms with Gasteiger partial charge in [0.1, 0.15) is 0 Å². The zero-order valence-electron chi connectivity index (χ0n) is 6.19. The third kappa shape index (κ3) is 5.81. The molecule has 0 radical (unpaired) electrons. The molecule has 0 amide bonds. The molecule has 0 rings (SSSR count). The molecule has 0 heterocycles. The van der Waals surface area contributed by atoms with Crippen molar-refractivity contribution >= 4 is 16.9 Å². The van der Waals surface area contributed by atoms with Crippen molar-refractivity contribution in [2.24, 2.45) is 0 Å². The molecule has 6 heteroatoms. The number of hydrogen-bond donors (Lipinski definition) is 2. The van der Waals surface area contributed by atoms with Crippen molar-refractivity contribution in [2.75, 3.05) is 13.6 Å². The average Bonchev–Trinajstić information content (AvgIpc) is 1.86. The summed E-state index contributed by atoms with van der Waals surface area (Å²) in [6.45, 7) is 0.269. The minimum Gasteiger partial charge on any atom is -0.481 e. The Kier molecular flexibility index (Phi) is 4.80. The third-order valence-electron chi connectivity index (χ3n) is 1.15. The molecule has 0 atom stereocenters. The zero-order valence-corrected chi connectivity index (χ0v) is 7.08. The molecule has 11 heavy (non-hydrogen) atoms. The Morgan fingerprint density at radius 2 is 2.09 bits per heavy atom. The van der Waals surface area contributed by atoms with E-state index in [1.807, 2.05) is 0 Å². The predicted octanol–water partition coefficient (Wildman–Crippen LogP) is -0.691. The molecule has 0 spiro atoms. The summed E-state index contributed by atoms with van der Waals surface area (Å²) in [5.74, 6) is -0.903. The monoisotopic (exact) mass is 181 g/mol. The maximum absolute atomic E-state index is 10.2. The fourth-order valence-electron chi connectivity index (χ4n) is 0.541. The van der Waals surface area contributed by atoms with E-state index in [-0.39, 0.29) is 13.0 Å². The normalized spacial score (nSPS) is 10.8. The van der Waals surface area contributed by atoms with Gasteiger partial charge in [-0.3, -0.25) is 4.79 Å². The summed E-state index contributed by atoms with van der Waals surface area (Å²) in [6.07, 6.45) is 0.364. The molecule has 0 bridgehead atoms. The van der Waals surface area contributed by atoms with Crippen molar-refractivity contribution in [3.05, 3.63) is 0 Å². The van der Waals surface area contributed by atoms with Crippen LogP contribution in [0.1, 0.15) is 12.8 Å². The van der Waals surface area contributed by atoms with Crippen LogP contribution in [0.4, 0.5) is 0 Å². The number of rotatable bonds is 5. The van der Waals surface area contributed by atoms with Gasteiger partial charge in [-0.15, -0.1) is 0 Å². The van der Waals surface area contributed by atoms with Crippen LogP contribution in [0, 0.1) is 0 Å². The summed E-state index contributed by atoms with van der Waals surface area (Å²) >= 11 is 0. The molecular formula is C5H11NO4S. The van der Waals surface area contributed by atoms with E-state index in [4.69, 9.17) is 5.11 Å². The van der Waals surface area contributed by atoms with Crippen molar-refractivity contribution in [1.29, 1.82) is 0 Å². The van der Waals surface area contributed by atoms with Crippen LogP contribution in [-0.4, -0.2) is 37.4 Å². The highest BCUT2D eigenvalue weighted by molar-refractivity contribution is 7.69. The predicted molar refractivity (Wildman–Crippen MR) is 39.8 cm³/mol. The van der Waals surface area contributed by atoms with Gasteiger partial charge in [-0.25, -0.2) is 12.7 Å². The second kappa shape index (κ2) is 5.09. The Hall–Kier alpha value is -0.620. The molecular weight excluding hydrogens is 170 g/mol. The smallest absolute Gasteiger partial charge is 0.303 e. The van der Waals surface area contributed by atoms with Crippen LogP contribution in [0.5, 0.6) is 0 Å². The van der Waals surface area contributed by atoms with Crippen molar-refractivity contribution in [1.82, 2.24) is 4.31 Å². The molecule has 66 valence electrons. The maximum atomic E-state index is 10.2. The minimum absolute atomic E-state index is 0.00745. The van der Waals surface area contributed by atoms with Crippen molar-refractivity contribution in [2.45, 2.75) is 12.8 Å². The van der Waals surface area contributed by atoms with E-state index in [2.05, 4.69) is 0 Å². The van der Waals surface area contributed by atoms with Crippen LogP contribution in [0.25, 0.3) is 0 Å². The van der Waals surface area contributed by atoms with E-state index in [1.54, 1.807) is 0 Å². The first-order valence-electron chi connectivity index (χ1n) is 3.11. The van der Waals surface area contributed by atoms with Crippen molar-refractivity contribution < 1.29 is 18.3 Å². The highest BCUT2D eigenvalue weighted by Crippen LogP contribution is 1.91. The highest BCUT2D eigenvalue weighted by atomic mass is 32.2. The Labute approximate surface area is 66.7 Å². The molecule has 0 aliphatic carbocycles. The summed E-state index contributed by atoms with van der Waals surface area (Å²) < 4.78 is 21.5. The average molecular weight is 181 g/mol. The lowest BCUT2D eigenvalue weighted by Crippen LogP contribution is -2.18. The molecule has 0 saturated heterocycles. The van der Waals surface area contributed by atoms with Crippen LogP contribution in [0.3, 0.4) is 0 Å². The van der Waals surface area contributed by atoms with Gasteiger partial charge in [0, 0.05) is 20.0 Å². The van der Waals surface area contributed by atoms with Gasteiger partial charge in [0.15, 0.2) is 0 Å². The lowest BCUT2D eigenvalue weighted by Gasteiger charge is -2.05. The van der Waals surface area contributed by atoms with Gasteiger partial charge in [0.2, 0.25) is 10.9 Å². The van der Waals surface area contributed by atoms with Crippen LogP contribution < -0.4 is 0 Å². The number of carbonyl (C=O) groups is 1. The quantitative estimate of drug-likeness (QED) is 0.550. The van der Waals surface area contributed by atoms with Gasteiger partial charge < -0.3 is 5.11 Å². The largest absolute Gasteiger partial charge is 0.481 e. The lowest BCUT2D eigenvalue weighted by molar-refractivity contribution is -0.137. The Morgan fingerprint density at radius 3 is 2.45 bits per heavy atom. The molecule has 0 unspecified atom stereocenters. The van der Waals surface area contributed by atoms with Gasteiger partial charge in [-0.2, -0.15) is 0 Å². The second-order valence-corrected chi connectivity index (χ2v) is 3.27. The van der Waals surface area contributed by atoms with Crippen LogP contribution in [-0.2, 0) is 15.7 Å². The number of nitrogens with zero attached hydrogens (tertiary/aromatic N) is 1. The summed E-state index contributed by atoms with van der Waals surface area (Å²) in [5, 5.41) is 8.20. The third-order valence-corrected chi connectivity index (χ3v) is 1.91. The fourth-order valence-corrected chi connectivity index (χ4v) is 0.845.